The summed E-state index contributed by atoms with van der Waals surface area (Å²) >= 11 is 0. The van der Waals surface area contributed by atoms with Crippen molar-refractivity contribution in [2.24, 2.45) is 5.73 Å². The third kappa shape index (κ3) is 3.95. The zero-order chi connectivity index (χ0) is 19.2. The third-order valence-corrected chi connectivity index (χ3v) is 4.93. The molecule has 0 spiro atoms. The SMILES string of the molecule is NCC=C(c1ccc(-c2ccccc2)cc1)c1ccc(-c2ccccc2)cc1. The van der Waals surface area contributed by atoms with Gasteiger partial charge in [-0.2, -0.15) is 0 Å². The second-order valence-corrected chi connectivity index (χ2v) is 6.74. The van der Waals surface area contributed by atoms with Gasteiger partial charge in [0.15, 0.2) is 0 Å². The van der Waals surface area contributed by atoms with E-state index in [1.165, 1.54) is 39.0 Å². The van der Waals surface area contributed by atoms with Gasteiger partial charge in [0.1, 0.15) is 0 Å². The van der Waals surface area contributed by atoms with Gasteiger partial charge in [0.05, 0.1) is 0 Å². The van der Waals surface area contributed by atoms with Gasteiger partial charge in [-0.15, -0.1) is 0 Å². The largest absolute Gasteiger partial charge is 0.327 e. The fourth-order valence-corrected chi connectivity index (χ4v) is 3.47. The van der Waals surface area contributed by atoms with Gasteiger partial charge in [-0.3, -0.25) is 0 Å². The molecule has 4 rings (SSSR count). The Morgan fingerprint density at radius 1 is 0.500 bits per heavy atom. The molecule has 0 atom stereocenters. The highest BCUT2D eigenvalue weighted by molar-refractivity contribution is 5.82. The molecule has 0 aliphatic rings. The zero-order valence-corrected chi connectivity index (χ0v) is 15.8. The predicted molar refractivity (Wildman–Crippen MR) is 120 cm³/mol. The molecule has 28 heavy (non-hydrogen) atoms. The Balaban J connectivity index is 1.63. The molecule has 1 heteroatoms. The molecule has 136 valence electrons. The standard InChI is InChI=1S/C27H23N/c28-20-19-27(25-15-11-23(12-16-25)21-7-3-1-4-8-21)26-17-13-24(14-18-26)22-9-5-2-6-10-22/h1-19H,20,28H2. The molecule has 0 bridgehead atoms. The Labute approximate surface area is 166 Å². The molecule has 0 heterocycles. The first-order valence-corrected chi connectivity index (χ1v) is 9.57. The van der Waals surface area contributed by atoms with Crippen molar-refractivity contribution < 1.29 is 0 Å². The fourth-order valence-electron chi connectivity index (χ4n) is 3.47. The normalized spacial score (nSPS) is 10.5. The lowest BCUT2D eigenvalue weighted by Crippen LogP contribution is -1.97. The van der Waals surface area contributed by atoms with E-state index in [1.54, 1.807) is 0 Å². The second-order valence-electron chi connectivity index (χ2n) is 6.74. The van der Waals surface area contributed by atoms with Crippen LogP contribution in [0.15, 0.2) is 115 Å². The highest BCUT2D eigenvalue weighted by atomic mass is 14.5. The molecule has 0 aromatic heterocycles. The van der Waals surface area contributed by atoms with E-state index in [0.717, 1.165) is 0 Å². The fraction of sp³-hybridized carbons (Fsp3) is 0.0370. The van der Waals surface area contributed by atoms with Crippen LogP contribution in [0, 0.1) is 0 Å². The van der Waals surface area contributed by atoms with Crippen molar-refractivity contribution in [3.05, 3.63) is 126 Å². The lowest BCUT2D eigenvalue weighted by atomic mass is 9.94. The van der Waals surface area contributed by atoms with Crippen LogP contribution in [0.4, 0.5) is 0 Å². The first-order valence-electron chi connectivity index (χ1n) is 9.57. The number of hydrogen-bond donors (Lipinski definition) is 1. The summed E-state index contributed by atoms with van der Waals surface area (Å²) in [4.78, 5) is 0. The molecule has 0 aliphatic heterocycles. The molecule has 2 N–H and O–H groups in total. The Morgan fingerprint density at radius 2 is 0.857 bits per heavy atom. The van der Waals surface area contributed by atoms with E-state index < -0.39 is 0 Å². The van der Waals surface area contributed by atoms with Gasteiger partial charge in [-0.1, -0.05) is 115 Å². The quantitative estimate of drug-likeness (QED) is 0.436. The Bertz CT molecular complexity index is 960. The van der Waals surface area contributed by atoms with E-state index in [-0.39, 0.29) is 0 Å². The summed E-state index contributed by atoms with van der Waals surface area (Å²) in [5.41, 5.74) is 14.3. The molecule has 0 saturated carbocycles. The molecule has 4 aromatic carbocycles. The summed E-state index contributed by atoms with van der Waals surface area (Å²) in [5.74, 6) is 0. The molecule has 0 fully saturated rings. The molecule has 0 aliphatic carbocycles. The van der Waals surface area contributed by atoms with Crippen molar-refractivity contribution >= 4 is 5.57 Å². The van der Waals surface area contributed by atoms with Gasteiger partial charge in [-0.05, 0) is 39.0 Å². The number of benzene rings is 4. The summed E-state index contributed by atoms with van der Waals surface area (Å²) in [7, 11) is 0. The maximum atomic E-state index is 5.87. The van der Waals surface area contributed by atoms with Gasteiger partial charge < -0.3 is 5.73 Å². The first kappa shape index (κ1) is 18.0. The van der Waals surface area contributed by atoms with Gasteiger partial charge in [0.25, 0.3) is 0 Å². The van der Waals surface area contributed by atoms with Crippen LogP contribution in [0.3, 0.4) is 0 Å². The lowest BCUT2D eigenvalue weighted by molar-refractivity contribution is 1.25. The zero-order valence-electron chi connectivity index (χ0n) is 15.8. The summed E-state index contributed by atoms with van der Waals surface area (Å²) in [6.07, 6.45) is 2.09. The van der Waals surface area contributed by atoms with Gasteiger partial charge in [0.2, 0.25) is 0 Å². The highest BCUT2D eigenvalue weighted by Gasteiger charge is 2.06. The van der Waals surface area contributed by atoms with Crippen LogP contribution < -0.4 is 5.73 Å². The van der Waals surface area contributed by atoms with E-state index in [9.17, 15) is 0 Å². The van der Waals surface area contributed by atoms with Crippen molar-refractivity contribution in [2.75, 3.05) is 6.54 Å². The molecule has 0 unspecified atom stereocenters. The van der Waals surface area contributed by atoms with Crippen LogP contribution in [0.25, 0.3) is 27.8 Å². The molecule has 1 nitrogen and oxygen atoms in total. The minimum absolute atomic E-state index is 0.510. The van der Waals surface area contributed by atoms with Crippen LogP contribution in [0.5, 0.6) is 0 Å². The minimum atomic E-state index is 0.510. The maximum absolute atomic E-state index is 5.87. The van der Waals surface area contributed by atoms with Gasteiger partial charge >= 0.3 is 0 Å². The van der Waals surface area contributed by atoms with E-state index >= 15 is 0 Å². The molecule has 4 aromatic rings. The van der Waals surface area contributed by atoms with E-state index in [1.807, 2.05) is 12.1 Å². The predicted octanol–water partition coefficient (Wildman–Crippen LogP) is 6.41. The summed E-state index contributed by atoms with van der Waals surface area (Å²) in [5, 5.41) is 0. The first-order chi connectivity index (χ1) is 13.8. The maximum Gasteiger partial charge on any atom is 0.0116 e. The minimum Gasteiger partial charge on any atom is -0.327 e. The van der Waals surface area contributed by atoms with E-state index in [2.05, 4.69) is 103 Å². The van der Waals surface area contributed by atoms with Crippen LogP contribution in [-0.4, -0.2) is 6.54 Å². The number of nitrogens with two attached hydrogens (primary N) is 1. The summed E-state index contributed by atoms with van der Waals surface area (Å²) < 4.78 is 0. The van der Waals surface area contributed by atoms with Crippen LogP contribution in [0.1, 0.15) is 11.1 Å². The smallest absolute Gasteiger partial charge is 0.0116 e. The average molecular weight is 361 g/mol. The van der Waals surface area contributed by atoms with Gasteiger partial charge in [-0.25, -0.2) is 0 Å². The molecule has 0 radical (unpaired) electrons. The number of rotatable bonds is 5. The highest BCUT2D eigenvalue weighted by Crippen LogP contribution is 2.28. The Hall–Kier alpha value is -3.42. The van der Waals surface area contributed by atoms with E-state index in [4.69, 9.17) is 5.73 Å². The monoisotopic (exact) mass is 361 g/mol. The molecule has 0 saturated heterocycles. The number of hydrogen-bond acceptors (Lipinski definition) is 1. The average Bonchev–Trinajstić information content (AvgIpc) is 2.79. The summed E-state index contributed by atoms with van der Waals surface area (Å²) in [6.45, 7) is 0.510. The Kier molecular flexibility index (Phi) is 5.46. The van der Waals surface area contributed by atoms with Crippen molar-refractivity contribution in [3.63, 3.8) is 0 Å². The van der Waals surface area contributed by atoms with Crippen molar-refractivity contribution in [2.45, 2.75) is 0 Å². The summed E-state index contributed by atoms with van der Waals surface area (Å²) in [6, 6.07) is 38.3. The third-order valence-electron chi connectivity index (χ3n) is 4.93. The molecular formula is C27H23N. The van der Waals surface area contributed by atoms with Crippen LogP contribution in [-0.2, 0) is 0 Å². The van der Waals surface area contributed by atoms with Crippen molar-refractivity contribution in [1.82, 2.24) is 0 Å². The second kappa shape index (κ2) is 8.51. The molecule has 0 amide bonds. The van der Waals surface area contributed by atoms with E-state index in [0.29, 0.717) is 6.54 Å². The van der Waals surface area contributed by atoms with Crippen molar-refractivity contribution in [3.8, 4) is 22.3 Å². The topological polar surface area (TPSA) is 26.0 Å². The molecular weight excluding hydrogens is 338 g/mol. The van der Waals surface area contributed by atoms with Crippen molar-refractivity contribution in [1.29, 1.82) is 0 Å². The van der Waals surface area contributed by atoms with Gasteiger partial charge in [0, 0.05) is 6.54 Å². The van der Waals surface area contributed by atoms with Crippen LogP contribution in [0.2, 0.25) is 0 Å². The lowest BCUT2D eigenvalue weighted by Gasteiger charge is -2.11. The Morgan fingerprint density at radius 3 is 1.21 bits per heavy atom. The van der Waals surface area contributed by atoms with Crippen LogP contribution >= 0.6 is 0 Å².